The Bertz CT molecular complexity index is 1830. The second kappa shape index (κ2) is 13.9. The summed E-state index contributed by atoms with van der Waals surface area (Å²) in [5.74, 6) is -1.50. The van der Waals surface area contributed by atoms with E-state index in [1.165, 1.54) is 25.1 Å². The molecule has 4 aromatic carbocycles. The normalized spacial score (nSPS) is 20.3. The molecule has 1 saturated heterocycles. The van der Waals surface area contributed by atoms with Crippen LogP contribution in [0.4, 0.5) is 11.4 Å². The van der Waals surface area contributed by atoms with Gasteiger partial charge in [0.25, 0.3) is 5.91 Å². The number of fused-ring (bicyclic) bond motifs is 1. The fourth-order valence-electron chi connectivity index (χ4n) is 5.52. The van der Waals surface area contributed by atoms with Crippen molar-refractivity contribution < 1.29 is 38.5 Å². The Balaban J connectivity index is 1.21. The summed E-state index contributed by atoms with van der Waals surface area (Å²) in [6.45, 7) is 3.50. The highest BCUT2D eigenvalue weighted by Gasteiger charge is 2.38. The van der Waals surface area contributed by atoms with Gasteiger partial charge in [-0.05, 0) is 65.7 Å². The number of amides is 2. The van der Waals surface area contributed by atoms with Crippen LogP contribution < -0.4 is 10.6 Å². The molecule has 0 spiro atoms. The SMILES string of the molecule is CC(=O)Nc1ccc(SC[C@H]2OC(c3cccc(NC(=O)c4ccc5c(c4)C(=O)OC5=O)c3)O[C@@H](c3ccc(CO)cc3)[C@H]2C)cc1. The van der Waals surface area contributed by atoms with Gasteiger partial charge in [0.15, 0.2) is 6.29 Å². The van der Waals surface area contributed by atoms with Gasteiger partial charge in [-0.1, -0.05) is 43.3 Å². The zero-order valence-corrected chi connectivity index (χ0v) is 26.4. The van der Waals surface area contributed by atoms with Crippen LogP contribution in [0.2, 0.25) is 0 Å². The standard InChI is InChI=1S/C36H32N2O8S/c1-20-31(19-47-28-13-11-26(12-14-28)37-21(2)40)44-36(45-32(20)23-8-6-22(18-39)7-9-23)25-4-3-5-27(16-25)38-33(41)24-10-15-29-30(17-24)35(43)46-34(29)42/h3-17,20,31-32,36,39H,18-19H2,1-2H3,(H,37,40)(H,38,41)/t20-,31+,32+,36?/m0/s1. The van der Waals surface area contributed by atoms with Crippen molar-refractivity contribution in [1.82, 2.24) is 0 Å². The number of hydrogen-bond donors (Lipinski definition) is 3. The lowest BCUT2D eigenvalue weighted by molar-refractivity contribution is -0.268. The Kier molecular flexibility index (Phi) is 9.50. The second-order valence-corrected chi connectivity index (χ2v) is 12.4. The van der Waals surface area contributed by atoms with Gasteiger partial charge in [0.2, 0.25) is 5.91 Å². The maximum absolute atomic E-state index is 13.1. The van der Waals surface area contributed by atoms with Crippen molar-refractivity contribution in [3.8, 4) is 0 Å². The summed E-state index contributed by atoms with van der Waals surface area (Å²) >= 11 is 1.64. The van der Waals surface area contributed by atoms with Crippen LogP contribution in [-0.4, -0.2) is 40.7 Å². The lowest BCUT2D eigenvalue weighted by atomic mass is 9.91. The number of anilines is 2. The molecule has 0 aliphatic carbocycles. The molecule has 4 atom stereocenters. The van der Waals surface area contributed by atoms with Gasteiger partial charge in [0.05, 0.1) is 29.9 Å². The summed E-state index contributed by atoms with van der Waals surface area (Å²) in [5, 5.41) is 15.2. The number of hydrogen-bond acceptors (Lipinski definition) is 9. The number of rotatable bonds is 9. The Morgan fingerprint density at radius 3 is 2.28 bits per heavy atom. The number of aliphatic hydroxyl groups excluding tert-OH is 1. The van der Waals surface area contributed by atoms with E-state index in [0.717, 1.165) is 21.7 Å². The van der Waals surface area contributed by atoms with Crippen molar-refractivity contribution in [1.29, 1.82) is 0 Å². The quantitative estimate of drug-likeness (QED) is 0.108. The van der Waals surface area contributed by atoms with Crippen molar-refractivity contribution >= 4 is 46.9 Å². The van der Waals surface area contributed by atoms with Crippen molar-refractivity contribution in [2.45, 2.75) is 43.8 Å². The molecular formula is C36H32N2O8S. The van der Waals surface area contributed by atoms with E-state index in [-0.39, 0.29) is 47.3 Å². The average Bonchev–Trinajstić information content (AvgIpc) is 3.36. The molecule has 2 aliphatic rings. The molecule has 4 aromatic rings. The third-order valence-electron chi connectivity index (χ3n) is 8.04. The first-order chi connectivity index (χ1) is 22.7. The number of esters is 2. The number of carbonyl (C=O) groups excluding carboxylic acids is 4. The summed E-state index contributed by atoms with van der Waals surface area (Å²) in [6, 6.07) is 26.7. The van der Waals surface area contributed by atoms with E-state index < -0.39 is 24.1 Å². The van der Waals surface area contributed by atoms with Crippen LogP contribution in [0.1, 0.15) is 74.0 Å². The third-order valence-corrected chi connectivity index (χ3v) is 9.14. The molecule has 2 heterocycles. The van der Waals surface area contributed by atoms with E-state index in [9.17, 15) is 24.3 Å². The van der Waals surface area contributed by atoms with Gasteiger partial charge in [0.1, 0.15) is 0 Å². The summed E-state index contributed by atoms with van der Waals surface area (Å²) in [5.41, 5.74) is 4.06. The van der Waals surface area contributed by atoms with Gasteiger partial charge in [-0.25, -0.2) is 9.59 Å². The van der Waals surface area contributed by atoms with E-state index in [0.29, 0.717) is 17.0 Å². The Labute approximate surface area is 275 Å². The minimum absolute atomic E-state index is 0.0290. The Morgan fingerprint density at radius 1 is 0.809 bits per heavy atom. The molecule has 1 unspecified atom stereocenters. The minimum atomic E-state index is -0.780. The van der Waals surface area contributed by atoms with E-state index >= 15 is 0 Å². The number of nitrogens with one attached hydrogen (secondary N) is 2. The molecule has 2 amide bonds. The van der Waals surface area contributed by atoms with Gasteiger partial charge in [-0.2, -0.15) is 0 Å². The summed E-state index contributed by atoms with van der Waals surface area (Å²) in [7, 11) is 0. The monoisotopic (exact) mass is 652 g/mol. The van der Waals surface area contributed by atoms with Crippen molar-refractivity contribution in [2.75, 3.05) is 16.4 Å². The third kappa shape index (κ3) is 7.28. The van der Waals surface area contributed by atoms with E-state index in [2.05, 4.69) is 22.3 Å². The van der Waals surface area contributed by atoms with Crippen LogP contribution in [0.5, 0.6) is 0 Å². The second-order valence-electron chi connectivity index (χ2n) is 11.4. The molecule has 47 heavy (non-hydrogen) atoms. The fourth-order valence-corrected chi connectivity index (χ4v) is 6.59. The van der Waals surface area contributed by atoms with Crippen LogP contribution in [0.3, 0.4) is 0 Å². The lowest BCUT2D eigenvalue weighted by Gasteiger charge is -2.41. The molecule has 0 radical (unpaired) electrons. The predicted molar refractivity (Wildman–Crippen MR) is 175 cm³/mol. The number of cyclic esters (lactones) is 2. The predicted octanol–water partition coefficient (Wildman–Crippen LogP) is 6.28. The molecule has 11 heteroatoms. The van der Waals surface area contributed by atoms with E-state index in [1.807, 2.05) is 54.6 Å². The van der Waals surface area contributed by atoms with Crippen LogP contribution in [0.15, 0.2) is 95.9 Å². The van der Waals surface area contributed by atoms with Crippen molar-refractivity contribution in [2.24, 2.45) is 5.92 Å². The number of benzene rings is 4. The average molecular weight is 653 g/mol. The summed E-state index contributed by atoms with van der Waals surface area (Å²) < 4.78 is 17.8. The molecular weight excluding hydrogens is 620 g/mol. The van der Waals surface area contributed by atoms with Crippen molar-refractivity contribution in [3.05, 3.63) is 124 Å². The van der Waals surface area contributed by atoms with E-state index in [4.69, 9.17) is 9.47 Å². The molecule has 1 fully saturated rings. The number of thioether (sulfide) groups is 1. The first-order valence-electron chi connectivity index (χ1n) is 15.0. The molecule has 0 bridgehead atoms. The maximum Gasteiger partial charge on any atom is 0.346 e. The van der Waals surface area contributed by atoms with Crippen LogP contribution in [0.25, 0.3) is 0 Å². The Hall–Kier alpha value is -4.81. The highest BCUT2D eigenvalue weighted by atomic mass is 32.2. The van der Waals surface area contributed by atoms with Gasteiger partial charge in [-0.15, -0.1) is 11.8 Å². The summed E-state index contributed by atoms with van der Waals surface area (Å²) in [4.78, 5) is 49.3. The Morgan fingerprint density at radius 2 is 1.55 bits per heavy atom. The molecule has 6 rings (SSSR count). The topological polar surface area (TPSA) is 140 Å². The van der Waals surface area contributed by atoms with Crippen LogP contribution >= 0.6 is 11.8 Å². The summed E-state index contributed by atoms with van der Waals surface area (Å²) in [6.07, 6.45) is -1.29. The highest BCUT2D eigenvalue weighted by molar-refractivity contribution is 7.99. The molecule has 0 aromatic heterocycles. The largest absolute Gasteiger partial charge is 0.392 e. The first kappa shape index (κ1) is 32.1. The van der Waals surface area contributed by atoms with Gasteiger partial charge in [-0.3, -0.25) is 9.59 Å². The van der Waals surface area contributed by atoms with Gasteiger partial charge < -0.3 is 30.0 Å². The number of carbonyl (C=O) groups is 4. The molecule has 240 valence electrons. The lowest BCUT2D eigenvalue weighted by Crippen LogP contribution is -2.38. The molecule has 10 nitrogen and oxygen atoms in total. The van der Waals surface area contributed by atoms with Gasteiger partial charge in [0, 0.05) is 46.0 Å². The first-order valence-corrected chi connectivity index (χ1v) is 16.0. The van der Waals surface area contributed by atoms with Gasteiger partial charge >= 0.3 is 11.9 Å². The zero-order valence-electron chi connectivity index (χ0n) is 25.6. The molecule has 0 saturated carbocycles. The maximum atomic E-state index is 13.1. The zero-order chi connectivity index (χ0) is 33.1. The van der Waals surface area contributed by atoms with Crippen LogP contribution in [0, 0.1) is 5.92 Å². The fraction of sp³-hybridized carbons (Fsp3) is 0.222. The number of aliphatic hydroxyl groups is 1. The molecule has 3 N–H and O–H groups in total. The minimum Gasteiger partial charge on any atom is -0.392 e. The smallest absolute Gasteiger partial charge is 0.346 e. The number of ether oxygens (including phenoxy) is 3. The highest BCUT2D eigenvalue weighted by Crippen LogP contribution is 2.43. The van der Waals surface area contributed by atoms with Crippen molar-refractivity contribution in [3.63, 3.8) is 0 Å². The molecule has 2 aliphatic heterocycles. The van der Waals surface area contributed by atoms with Crippen LogP contribution in [-0.2, 0) is 25.6 Å². The van der Waals surface area contributed by atoms with E-state index in [1.54, 1.807) is 30.0 Å².